The van der Waals surface area contributed by atoms with Gasteiger partial charge in [0.15, 0.2) is 4.34 Å². The highest BCUT2D eigenvalue weighted by Gasteiger charge is 2.16. The summed E-state index contributed by atoms with van der Waals surface area (Å²) < 4.78 is 6.37. The minimum absolute atomic E-state index is 0.0210. The van der Waals surface area contributed by atoms with Crippen LogP contribution in [0.15, 0.2) is 28.6 Å². The van der Waals surface area contributed by atoms with Crippen LogP contribution in [0.25, 0.3) is 0 Å². The molecule has 1 aromatic heterocycles. The molecule has 1 saturated heterocycles. The van der Waals surface area contributed by atoms with Gasteiger partial charge in [0.25, 0.3) is 0 Å². The van der Waals surface area contributed by atoms with Crippen LogP contribution in [0, 0.1) is 6.92 Å². The Labute approximate surface area is 162 Å². The number of ether oxygens (including phenoxy) is 1. The summed E-state index contributed by atoms with van der Waals surface area (Å²) in [5.74, 6) is 0.376. The molecule has 0 radical (unpaired) electrons. The van der Waals surface area contributed by atoms with E-state index < -0.39 is 0 Å². The highest BCUT2D eigenvalue weighted by Crippen LogP contribution is 2.25. The van der Waals surface area contributed by atoms with Gasteiger partial charge in [-0.15, -0.1) is 10.2 Å². The molecule has 0 spiro atoms. The quantitative estimate of drug-likeness (QED) is 0.639. The smallest absolute Gasteiger partial charge is 0.230 e. The van der Waals surface area contributed by atoms with Gasteiger partial charge in [-0.2, -0.15) is 0 Å². The van der Waals surface area contributed by atoms with E-state index in [0.717, 1.165) is 41.9 Å². The largest absolute Gasteiger partial charge is 0.376 e. The Balaban J connectivity index is 1.33. The molecule has 2 N–H and O–H groups in total. The minimum atomic E-state index is 0.0210. The molecule has 26 heavy (non-hydrogen) atoms. The maximum atomic E-state index is 12.0. The first kappa shape index (κ1) is 19.1. The van der Waals surface area contributed by atoms with Gasteiger partial charge in [-0.25, -0.2) is 0 Å². The topological polar surface area (TPSA) is 76.1 Å². The molecule has 0 saturated carbocycles. The third-order valence-corrected chi connectivity index (χ3v) is 6.23. The lowest BCUT2D eigenvalue weighted by Gasteiger charge is -2.08. The molecule has 3 rings (SSSR count). The number of hydrogen-bond acceptors (Lipinski definition) is 7. The molecular weight excluding hydrogens is 368 g/mol. The Morgan fingerprint density at radius 1 is 1.38 bits per heavy atom. The van der Waals surface area contributed by atoms with Crippen LogP contribution >= 0.6 is 23.1 Å². The summed E-state index contributed by atoms with van der Waals surface area (Å²) in [6, 6.07) is 8.25. The van der Waals surface area contributed by atoms with Crippen LogP contribution in [0.2, 0.25) is 0 Å². The maximum Gasteiger partial charge on any atom is 0.230 e. The number of aryl methyl sites for hydroxylation is 1. The average Bonchev–Trinajstić information content (AvgIpc) is 3.31. The van der Waals surface area contributed by atoms with Crippen LogP contribution in [0.4, 0.5) is 5.13 Å². The van der Waals surface area contributed by atoms with Crippen molar-refractivity contribution in [3.8, 4) is 0 Å². The highest BCUT2D eigenvalue weighted by molar-refractivity contribution is 8.01. The van der Waals surface area contributed by atoms with Crippen molar-refractivity contribution in [1.29, 1.82) is 0 Å². The van der Waals surface area contributed by atoms with Crippen molar-refractivity contribution in [2.24, 2.45) is 0 Å². The number of carbonyl (C=O) groups is 1. The van der Waals surface area contributed by atoms with Crippen molar-refractivity contribution in [2.45, 2.75) is 36.6 Å². The Hall–Kier alpha value is -1.64. The van der Waals surface area contributed by atoms with E-state index in [9.17, 15) is 4.79 Å². The van der Waals surface area contributed by atoms with E-state index >= 15 is 0 Å². The molecule has 1 aliphatic rings. The molecule has 1 amide bonds. The average molecular weight is 393 g/mol. The summed E-state index contributed by atoms with van der Waals surface area (Å²) >= 11 is 2.89. The molecule has 1 unspecified atom stereocenters. The standard InChI is InChI=1S/C18H24N4O2S2/c1-13-5-2-3-6-14(13)8-9-19-16(23)12-25-18-22-21-17(26-18)20-11-15-7-4-10-24-15/h2-3,5-6,15H,4,7-12H2,1H3,(H,19,23)(H,20,21). The second-order valence-electron chi connectivity index (χ2n) is 6.20. The number of amides is 1. The Bertz CT molecular complexity index is 717. The normalized spacial score (nSPS) is 16.6. The molecular formula is C18H24N4O2S2. The number of benzene rings is 1. The van der Waals surface area contributed by atoms with Crippen LogP contribution in [-0.2, 0) is 16.0 Å². The van der Waals surface area contributed by atoms with Gasteiger partial charge < -0.3 is 15.4 Å². The fraction of sp³-hybridized carbons (Fsp3) is 0.500. The van der Waals surface area contributed by atoms with E-state index in [0.29, 0.717) is 12.3 Å². The molecule has 2 aromatic rings. The van der Waals surface area contributed by atoms with Gasteiger partial charge in [-0.3, -0.25) is 4.79 Å². The molecule has 1 atom stereocenters. The summed E-state index contributed by atoms with van der Waals surface area (Å²) in [4.78, 5) is 12.0. The Kier molecular flexibility index (Phi) is 7.28. The first-order valence-corrected chi connectivity index (χ1v) is 10.6. The Morgan fingerprint density at radius 3 is 3.08 bits per heavy atom. The molecule has 0 aliphatic carbocycles. The van der Waals surface area contributed by atoms with Crippen LogP contribution < -0.4 is 10.6 Å². The van der Waals surface area contributed by atoms with E-state index in [4.69, 9.17) is 4.74 Å². The lowest BCUT2D eigenvalue weighted by Crippen LogP contribution is -2.27. The number of nitrogens with one attached hydrogen (secondary N) is 2. The summed E-state index contributed by atoms with van der Waals surface area (Å²) in [6.45, 7) is 4.35. The first-order chi connectivity index (χ1) is 12.7. The summed E-state index contributed by atoms with van der Waals surface area (Å²) in [6.07, 6.45) is 3.34. The van der Waals surface area contributed by atoms with Crippen molar-refractivity contribution in [3.05, 3.63) is 35.4 Å². The van der Waals surface area contributed by atoms with Crippen LogP contribution in [0.1, 0.15) is 24.0 Å². The zero-order valence-electron chi connectivity index (χ0n) is 14.9. The van der Waals surface area contributed by atoms with Crippen molar-refractivity contribution in [3.63, 3.8) is 0 Å². The van der Waals surface area contributed by atoms with E-state index in [-0.39, 0.29) is 12.0 Å². The van der Waals surface area contributed by atoms with E-state index in [2.05, 4.69) is 39.9 Å². The van der Waals surface area contributed by atoms with E-state index in [1.807, 2.05) is 12.1 Å². The van der Waals surface area contributed by atoms with E-state index in [1.165, 1.54) is 34.2 Å². The summed E-state index contributed by atoms with van der Waals surface area (Å²) in [5.41, 5.74) is 2.53. The highest BCUT2D eigenvalue weighted by atomic mass is 32.2. The van der Waals surface area contributed by atoms with Crippen molar-refractivity contribution in [2.75, 3.05) is 30.8 Å². The van der Waals surface area contributed by atoms with Gasteiger partial charge in [0, 0.05) is 19.7 Å². The Morgan fingerprint density at radius 2 is 2.27 bits per heavy atom. The van der Waals surface area contributed by atoms with Gasteiger partial charge in [-0.05, 0) is 37.3 Å². The molecule has 6 nitrogen and oxygen atoms in total. The van der Waals surface area contributed by atoms with Gasteiger partial charge in [0.2, 0.25) is 11.0 Å². The fourth-order valence-electron chi connectivity index (χ4n) is 2.75. The number of hydrogen-bond donors (Lipinski definition) is 2. The summed E-state index contributed by atoms with van der Waals surface area (Å²) in [7, 11) is 0. The molecule has 8 heteroatoms. The second kappa shape index (κ2) is 9.89. The molecule has 0 bridgehead atoms. The third-order valence-electron chi connectivity index (χ3n) is 4.22. The number of thioether (sulfide) groups is 1. The van der Waals surface area contributed by atoms with Gasteiger partial charge in [0.05, 0.1) is 11.9 Å². The zero-order valence-corrected chi connectivity index (χ0v) is 16.5. The third kappa shape index (κ3) is 5.96. The molecule has 2 heterocycles. The van der Waals surface area contributed by atoms with Crippen LogP contribution in [0.5, 0.6) is 0 Å². The lowest BCUT2D eigenvalue weighted by molar-refractivity contribution is -0.118. The predicted molar refractivity (Wildman–Crippen MR) is 106 cm³/mol. The predicted octanol–water partition coefficient (Wildman–Crippen LogP) is 2.89. The molecule has 1 fully saturated rings. The van der Waals surface area contributed by atoms with Crippen LogP contribution in [-0.4, -0.2) is 47.7 Å². The SMILES string of the molecule is Cc1ccccc1CCNC(=O)CSc1nnc(NCC2CCCO2)s1. The molecule has 1 aliphatic heterocycles. The number of anilines is 1. The fourth-order valence-corrected chi connectivity index (χ4v) is 4.34. The monoisotopic (exact) mass is 392 g/mol. The van der Waals surface area contributed by atoms with Crippen LogP contribution in [0.3, 0.4) is 0 Å². The van der Waals surface area contributed by atoms with Crippen molar-refractivity contribution >= 4 is 34.1 Å². The molecule has 1 aromatic carbocycles. The van der Waals surface area contributed by atoms with Crippen molar-refractivity contribution < 1.29 is 9.53 Å². The number of rotatable bonds is 9. The zero-order chi connectivity index (χ0) is 18.2. The van der Waals surface area contributed by atoms with E-state index in [1.54, 1.807) is 0 Å². The number of nitrogens with zero attached hydrogens (tertiary/aromatic N) is 2. The molecule has 140 valence electrons. The lowest BCUT2D eigenvalue weighted by atomic mass is 10.1. The maximum absolute atomic E-state index is 12.0. The number of carbonyl (C=O) groups excluding carboxylic acids is 1. The van der Waals surface area contributed by atoms with Crippen molar-refractivity contribution in [1.82, 2.24) is 15.5 Å². The first-order valence-electron chi connectivity index (χ1n) is 8.83. The second-order valence-corrected chi connectivity index (χ2v) is 8.40. The number of aromatic nitrogens is 2. The van der Waals surface area contributed by atoms with Gasteiger partial charge in [-0.1, -0.05) is 47.4 Å². The van der Waals surface area contributed by atoms with Gasteiger partial charge >= 0.3 is 0 Å². The minimum Gasteiger partial charge on any atom is -0.376 e. The van der Waals surface area contributed by atoms with Gasteiger partial charge in [0.1, 0.15) is 0 Å². The summed E-state index contributed by atoms with van der Waals surface area (Å²) in [5, 5.41) is 15.2.